The highest BCUT2D eigenvalue weighted by atomic mass is 32.2. The van der Waals surface area contributed by atoms with Gasteiger partial charge >= 0.3 is 0 Å². The molecule has 1 nitrogen and oxygen atoms in total. The first-order valence-electron chi connectivity index (χ1n) is 3.71. The Kier molecular flexibility index (Phi) is 1.46. The van der Waals surface area contributed by atoms with Crippen LogP contribution in [-0.4, -0.2) is 17.5 Å². The van der Waals surface area contributed by atoms with Crippen LogP contribution < -0.4 is 5.73 Å². The Balaban J connectivity index is 1.85. The number of nitrogens with two attached hydrogens (primary N) is 1. The minimum atomic E-state index is 0.577. The van der Waals surface area contributed by atoms with Crippen molar-refractivity contribution in [3.05, 3.63) is 0 Å². The molecule has 0 aromatic heterocycles. The molecule has 3 atom stereocenters. The van der Waals surface area contributed by atoms with Crippen LogP contribution >= 0.6 is 11.8 Å². The van der Waals surface area contributed by atoms with Crippen molar-refractivity contribution >= 4 is 11.8 Å². The van der Waals surface area contributed by atoms with E-state index in [9.17, 15) is 0 Å². The van der Waals surface area contributed by atoms with Crippen molar-refractivity contribution in [2.75, 3.05) is 11.5 Å². The van der Waals surface area contributed by atoms with E-state index in [0.29, 0.717) is 6.04 Å². The van der Waals surface area contributed by atoms with Crippen LogP contribution in [0.15, 0.2) is 0 Å². The SMILES string of the molecule is N[C@@H]1C[C@H]1C1CCSC1. The summed E-state index contributed by atoms with van der Waals surface area (Å²) in [6.45, 7) is 0. The summed E-state index contributed by atoms with van der Waals surface area (Å²) in [5, 5.41) is 0. The van der Waals surface area contributed by atoms with E-state index in [1.807, 2.05) is 0 Å². The van der Waals surface area contributed by atoms with Crippen LogP contribution in [0.25, 0.3) is 0 Å². The second kappa shape index (κ2) is 2.17. The molecule has 0 amide bonds. The Morgan fingerprint density at radius 2 is 2.22 bits per heavy atom. The van der Waals surface area contributed by atoms with Gasteiger partial charge in [-0.1, -0.05) is 0 Å². The Morgan fingerprint density at radius 3 is 2.67 bits per heavy atom. The van der Waals surface area contributed by atoms with Gasteiger partial charge in [0.25, 0.3) is 0 Å². The van der Waals surface area contributed by atoms with Crippen LogP contribution in [0.1, 0.15) is 12.8 Å². The molecule has 0 spiro atoms. The van der Waals surface area contributed by atoms with E-state index >= 15 is 0 Å². The van der Waals surface area contributed by atoms with Crippen molar-refractivity contribution in [3.63, 3.8) is 0 Å². The van der Waals surface area contributed by atoms with Crippen LogP contribution in [0.2, 0.25) is 0 Å². The summed E-state index contributed by atoms with van der Waals surface area (Å²) in [5.41, 5.74) is 5.74. The number of rotatable bonds is 1. The molecule has 0 aromatic carbocycles. The summed E-state index contributed by atoms with van der Waals surface area (Å²) in [4.78, 5) is 0. The summed E-state index contributed by atoms with van der Waals surface area (Å²) in [6, 6.07) is 0.577. The Bertz CT molecular complexity index is 109. The predicted molar refractivity (Wildman–Crippen MR) is 41.5 cm³/mol. The standard InChI is InChI=1S/C7H13NS/c8-7-3-6(7)5-1-2-9-4-5/h5-7H,1-4,8H2/t5?,6-,7+/m0/s1. The molecule has 1 heterocycles. The summed E-state index contributed by atoms with van der Waals surface area (Å²) < 4.78 is 0. The molecule has 1 aliphatic heterocycles. The molecular weight excluding hydrogens is 130 g/mol. The van der Waals surface area contributed by atoms with Crippen molar-refractivity contribution in [2.45, 2.75) is 18.9 Å². The van der Waals surface area contributed by atoms with Crippen LogP contribution in [0.3, 0.4) is 0 Å². The molecule has 1 saturated heterocycles. The van der Waals surface area contributed by atoms with Crippen LogP contribution in [-0.2, 0) is 0 Å². The summed E-state index contributed by atoms with van der Waals surface area (Å²) >= 11 is 2.10. The van der Waals surface area contributed by atoms with Crippen molar-refractivity contribution in [1.82, 2.24) is 0 Å². The molecule has 2 N–H and O–H groups in total. The van der Waals surface area contributed by atoms with Crippen LogP contribution in [0, 0.1) is 11.8 Å². The lowest BCUT2D eigenvalue weighted by molar-refractivity contribution is 0.510. The summed E-state index contributed by atoms with van der Waals surface area (Å²) in [7, 11) is 0. The third-order valence-corrected chi connectivity index (χ3v) is 3.65. The van der Waals surface area contributed by atoms with Crippen molar-refractivity contribution in [2.24, 2.45) is 17.6 Å². The predicted octanol–water partition coefficient (Wildman–Crippen LogP) is 1.09. The molecule has 1 aliphatic carbocycles. The zero-order valence-electron chi connectivity index (χ0n) is 5.55. The molecule has 0 radical (unpaired) electrons. The third kappa shape index (κ3) is 1.10. The Hall–Kier alpha value is 0.310. The fourth-order valence-corrected chi connectivity index (χ4v) is 3.02. The lowest BCUT2D eigenvalue weighted by atomic mass is 10.0. The van der Waals surface area contributed by atoms with E-state index in [1.54, 1.807) is 0 Å². The molecule has 0 aromatic rings. The second-order valence-corrected chi connectivity index (χ2v) is 4.34. The quantitative estimate of drug-likeness (QED) is 0.594. The molecule has 2 aliphatic rings. The molecule has 9 heavy (non-hydrogen) atoms. The third-order valence-electron chi connectivity index (χ3n) is 2.46. The van der Waals surface area contributed by atoms with E-state index in [2.05, 4.69) is 11.8 Å². The van der Waals surface area contributed by atoms with Crippen LogP contribution in [0.4, 0.5) is 0 Å². The van der Waals surface area contributed by atoms with Gasteiger partial charge in [0.15, 0.2) is 0 Å². The summed E-state index contributed by atoms with van der Waals surface area (Å²) in [5.74, 6) is 4.68. The highest BCUT2D eigenvalue weighted by molar-refractivity contribution is 7.99. The summed E-state index contributed by atoms with van der Waals surface area (Å²) in [6.07, 6.45) is 2.74. The monoisotopic (exact) mass is 143 g/mol. The van der Waals surface area contributed by atoms with Crippen molar-refractivity contribution in [1.29, 1.82) is 0 Å². The van der Waals surface area contributed by atoms with Crippen molar-refractivity contribution in [3.8, 4) is 0 Å². The van der Waals surface area contributed by atoms with Gasteiger partial charge in [-0.3, -0.25) is 0 Å². The van der Waals surface area contributed by atoms with Crippen molar-refractivity contribution < 1.29 is 0 Å². The zero-order chi connectivity index (χ0) is 6.27. The number of hydrogen-bond donors (Lipinski definition) is 1. The zero-order valence-corrected chi connectivity index (χ0v) is 6.36. The van der Waals surface area contributed by atoms with Gasteiger partial charge in [-0.25, -0.2) is 0 Å². The molecule has 0 bridgehead atoms. The molecular formula is C7H13NS. The van der Waals surface area contributed by atoms with Crippen LogP contribution in [0.5, 0.6) is 0 Å². The first kappa shape index (κ1) is 6.05. The smallest absolute Gasteiger partial charge is 0.00740 e. The lowest BCUT2D eigenvalue weighted by Crippen LogP contribution is -2.09. The maximum Gasteiger partial charge on any atom is 0.00740 e. The van der Waals surface area contributed by atoms with E-state index in [1.165, 1.54) is 24.3 Å². The van der Waals surface area contributed by atoms with E-state index in [-0.39, 0.29) is 0 Å². The average molecular weight is 143 g/mol. The maximum absolute atomic E-state index is 5.74. The molecule has 52 valence electrons. The van der Waals surface area contributed by atoms with Gasteiger partial charge in [0.05, 0.1) is 0 Å². The van der Waals surface area contributed by atoms with E-state index in [4.69, 9.17) is 5.73 Å². The number of thioether (sulfide) groups is 1. The van der Waals surface area contributed by atoms with E-state index in [0.717, 1.165) is 11.8 Å². The fourth-order valence-electron chi connectivity index (χ4n) is 1.67. The normalized spacial score (nSPS) is 49.7. The average Bonchev–Trinajstić information content (AvgIpc) is 2.44. The van der Waals surface area contributed by atoms with Gasteiger partial charge < -0.3 is 5.73 Å². The first-order chi connectivity index (χ1) is 4.38. The van der Waals surface area contributed by atoms with Gasteiger partial charge in [0.1, 0.15) is 0 Å². The van der Waals surface area contributed by atoms with Gasteiger partial charge in [-0.15, -0.1) is 0 Å². The molecule has 2 fully saturated rings. The fraction of sp³-hybridized carbons (Fsp3) is 1.00. The lowest BCUT2D eigenvalue weighted by Gasteiger charge is -2.03. The Morgan fingerprint density at radius 1 is 1.44 bits per heavy atom. The van der Waals surface area contributed by atoms with Gasteiger partial charge in [0.2, 0.25) is 0 Å². The Labute approximate surface area is 60.4 Å². The maximum atomic E-state index is 5.74. The highest BCUT2D eigenvalue weighted by Crippen LogP contribution is 2.42. The van der Waals surface area contributed by atoms with Gasteiger partial charge in [-0.2, -0.15) is 11.8 Å². The molecule has 1 unspecified atom stereocenters. The molecule has 2 rings (SSSR count). The number of hydrogen-bond acceptors (Lipinski definition) is 2. The molecule has 1 saturated carbocycles. The molecule has 2 heteroatoms. The minimum absolute atomic E-state index is 0.577. The van der Waals surface area contributed by atoms with E-state index < -0.39 is 0 Å². The first-order valence-corrected chi connectivity index (χ1v) is 4.87. The highest BCUT2D eigenvalue weighted by Gasteiger charge is 2.40. The minimum Gasteiger partial charge on any atom is -0.327 e. The topological polar surface area (TPSA) is 26.0 Å². The largest absolute Gasteiger partial charge is 0.327 e. The van der Waals surface area contributed by atoms with Gasteiger partial charge in [-0.05, 0) is 36.2 Å². The second-order valence-electron chi connectivity index (χ2n) is 3.19. The van der Waals surface area contributed by atoms with Gasteiger partial charge in [0, 0.05) is 6.04 Å².